The maximum Gasteiger partial charge on any atom is 0.256 e. The van der Waals surface area contributed by atoms with E-state index in [1.807, 2.05) is 67.8 Å². The van der Waals surface area contributed by atoms with E-state index in [1.165, 1.54) is 12.8 Å². The lowest BCUT2D eigenvalue weighted by Crippen LogP contribution is -2.41. The molecule has 5 heteroatoms. The third kappa shape index (κ3) is 6.46. The van der Waals surface area contributed by atoms with Crippen LogP contribution in [0.3, 0.4) is 0 Å². The van der Waals surface area contributed by atoms with Crippen molar-refractivity contribution in [2.24, 2.45) is 0 Å². The average molecular weight is 466 g/mol. The smallest absolute Gasteiger partial charge is 0.256 e. The van der Waals surface area contributed by atoms with Crippen molar-refractivity contribution in [1.82, 2.24) is 4.90 Å². The Bertz CT molecular complexity index is 985. The van der Waals surface area contributed by atoms with Gasteiger partial charge in [-0.05, 0) is 65.9 Å². The molecule has 33 heavy (non-hydrogen) atoms. The fourth-order valence-electron chi connectivity index (χ4n) is 3.82. The van der Waals surface area contributed by atoms with E-state index in [-0.39, 0.29) is 11.9 Å². The molecule has 3 rings (SSSR count). The number of ether oxygens (including phenoxy) is 1. The number of benzene rings is 2. The number of nitrogens with zero attached hydrogens (tertiary/aromatic N) is 1. The molecule has 0 aliphatic rings. The van der Waals surface area contributed by atoms with Crippen molar-refractivity contribution in [3.05, 3.63) is 76.5 Å². The summed E-state index contributed by atoms with van der Waals surface area (Å²) in [5.41, 5.74) is 3.40. The van der Waals surface area contributed by atoms with Gasteiger partial charge < -0.3 is 14.7 Å². The van der Waals surface area contributed by atoms with Crippen LogP contribution in [0.15, 0.2) is 65.4 Å². The van der Waals surface area contributed by atoms with E-state index >= 15 is 0 Å². The minimum absolute atomic E-state index is 0.137. The number of unbranched alkanes of at least 4 members (excludes halogenated alkanes) is 3. The van der Waals surface area contributed by atoms with Crippen molar-refractivity contribution < 1.29 is 14.6 Å². The fourth-order valence-corrected chi connectivity index (χ4v) is 4.48. The Morgan fingerprint density at radius 3 is 2.42 bits per heavy atom. The molecule has 176 valence electrons. The van der Waals surface area contributed by atoms with Crippen LogP contribution in [0.4, 0.5) is 0 Å². The molecule has 0 bridgehead atoms. The molecule has 3 aromatic rings. The summed E-state index contributed by atoms with van der Waals surface area (Å²) in [6.07, 6.45) is 4.11. The summed E-state index contributed by atoms with van der Waals surface area (Å²) in [4.78, 5) is 15.1. The molecule has 2 atom stereocenters. The second-order valence-electron chi connectivity index (χ2n) is 8.38. The van der Waals surface area contributed by atoms with Gasteiger partial charge in [0.05, 0.1) is 6.61 Å². The van der Waals surface area contributed by atoms with Gasteiger partial charge in [-0.1, -0.05) is 63.4 Å². The second-order valence-corrected chi connectivity index (χ2v) is 9.16. The van der Waals surface area contributed by atoms with Crippen LogP contribution >= 0.6 is 11.3 Å². The van der Waals surface area contributed by atoms with Crippen LogP contribution < -0.4 is 4.74 Å². The molecule has 0 radical (unpaired) electrons. The van der Waals surface area contributed by atoms with Crippen molar-refractivity contribution in [3.63, 3.8) is 0 Å². The molecule has 1 heterocycles. The first-order valence-corrected chi connectivity index (χ1v) is 12.9. The van der Waals surface area contributed by atoms with Crippen molar-refractivity contribution in [3.8, 4) is 16.9 Å². The van der Waals surface area contributed by atoms with Gasteiger partial charge in [-0.25, -0.2) is 0 Å². The van der Waals surface area contributed by atoms with Gasteiger partial charge in [-0.15, -0.1) is 0 Å². The largest absolute Gasteiger partial charge is 0.493 e. The lowest BCUT2D eigenvalue weighted by molar-refractivity contribution is -0.0129. The quantitative estimate of drug-likeness (QED) is 0.225. The highest BCUT2D eigenvalue weighted by molar-refractivity contribution is 7.08. The van der Waals surface area contributed by atoms with Gasteiger partial charge in [0.15, 0.2) is 6.23 Å². The number of amides is 1. The summed E-state index contributed by atoms with van der Waals surface area (Å²) >= 11 is 1.65. The number of carbonyl (C=O) groups is 1. The van der Waals surface area contributed by atoms with E-state index in [0.29, 0.717) is 23.5 Å². The van der Waals surface area contributed by atoms with E-state index in [9.17, 15) is 9.90 Å². The van der Waals surface area contributed by atoms with Crippen LogP contribution in [0.5, 0.6) is 5.75 Å². The minimum atomic E-state index is -1.09. The predicted molar refractivity (Wildman–Crippen MR) is 137 cm³/mol. The number of aliphatic hydroxyl groups excluding tert-OH is 1. The minimum Gasteiger partial charge on any atom is -0.493 e. The van der Waals surface area contributed by atoms with Crippen LogP contribution in [-0.2, 0) is 0 Å². The molecule has 0 saturated heterocycles. The van der Waals surface area contributed by atoms with Crippen LogP contribution in [0.25, 0.3) is 11.1 Å². The zero-order valence-corrected chi connectivity index (χ0v) is 20.7. The van der Waals surface area contributed by atoms with Gasteiger partial charge in [-0.3, -0.25) is 4.79 Å². The Kier molecular flexibility index (Phi) is 9.52. The Labute approximate surface area is 201 Å². The molecule has 1 N–H and O–H groups in total. The summed E-state index contributed by atoms with van der Waals surface area (Å²) in [7, 11) is 0. The fraction of sp³-hybridized carbons (Fsp3) is 0.393. The summed E-state index contributed by atoms with van der Waals surface area (Å²) in [5.74, 6) is 0.446. The SMILES string of the molecule is CCCCCCOc1ccccc1C(O)N(C(=O)c1ccc(-c2ccsc2)cc1)C(C)CC. The van der Waals surface area contributed by atoms with Gasteiger partial charge in [0, 0.05) is 17.2 Å². The number of aliphatic hydroxyl groups is 1. The van der Waals surface area contributed by atoms with Crippen molar-refractivity contribution in [2.75, 3.05) is 6.61 Å². The first kappa shape index (κ1) is 25.0. The molecule has 0 saturated carbocycles. The average Bonchev–Trinajstić information content (AvgIpc) is 3.39. The number of rotatable bonds is 12. The van der Waals surface area contributed by atoms with Crippen molar-refractivity contribution in [2.45, 2.75) is 65.1 Å². The summed E-state index contributed by atoms with van der Waals surface area (Å²) in [6, 6.07) is 17.0. The lowest BCUT2D eigenvalue weighted by Gasteiger charge is -2.34. The highest BCUT2D eigenvalue weighted by Crippen LogP contribution is 2.31. The maximum absolute atomic E-state index is 13.5. The molecule has 1 amide bonds. The monoisotopic (exact) mass is 465 g/mol. The first-order valence-electron chi connectivity index (χ1n) is 11.9. The highest BCUT2D eigenvalue weighted by Gasteiger charge is 2.30. The van der Waals surface area contributed by atoms with E-state index < -0.39 is 6.23 Å². The Hall–Kier alpha value is -2.63. The zero-order chi connectivity index (χ0) is 23.6. The Morgan fingerprint density at radius 1 is 1.00 bits per heavy atom. The van der Waals surface area contributed by atoms with Gasteiger partial charge in [0.1, 0.15) is 5.75 Å². The van der Waals surface area contributed by atoms with Gasteiger partial charge in [-0.2, -0.15) is 11.3 Å². The van der Waals surface area contributed by atoms with Gasteiger partial charge in [0.2, 0.25) is 0 Å². The maximum atomic E-state index is 13.5. The Morgan fingerprint density at radius 2 is 1.76 bits per heavy atom. The van der Waals surface area contributed by atoms with Crippen LogP contribution in [0.2, 0.25) is 0 Å². The van der Waals surface area contributed by atoms with Crippen LogP contribution in [0.1, 0.15) is 75.0 Å². The van der Waals surface area contributed by atoms with E-state index in [1.54, 1.807) is 16.2 Å². The number of hydrogen-bond donors (Lipinski definition) is 1. The number of hydrogen-bond acceptors (Lipinski definition) is 4. The molecule has 1 aromatic heterocycles. The molecule has 0 aliphatic heterocycles. The standard InChI is InChI=1S/C28H35NO3S/c1-4-6-7-10-18-32-26-12-9-8-11-25(26)28(31)29(21(3)5-2)27(30)23-15-13-22(14-16-23)24-17-19-33-20-24/h8-9,11-17,19-21,28,31H,4-7,10,18H2,1-3H3. The molecule has 0 spiro atoms. The second kappa shape index (κ2) is 12.6. The first-order chi connectivity index (χ1) is 16.1. The topological polar surface area (TPSA) is 49.8 Å². The van der Waals surface area contributed by atoms with Gasteiger partial charge >= 0.3 is 0 Å². The molecule has 2 aromatic carbocycles. The number of carbonyl (C=O) groups excluding carboxylic acids is 1. The van der Waals surface area contributed by atoms with Gasteiger partial charge in [0.25, 0.3) is 5.91 Å². The molecule has 2 unspecified atom stereocenters. The number of thiophene rings is 1. The Balaban J connectivity index is 1.80. The van der Waals surface area contributed by atoms with Crippen LogP contribution in [0, 0.1) is 0 Å². The number of para-hydroxylation sites is 1. The van der Waals surface area contributed by atoms with Crippen molar-refractivity contribution in [1.29, 1.82) is 0 Å². The van der Waals surface area contributed by atoms with E-state index in [2.05, 4.69) is 18.4 Å². The van der Waals surface area contributed by atoms with E-state index in [4.69, 9.17) is 4.74 Å². The summed E-state index contributed by atoms with van der Waals surface area (Å²) in [5, 5.41) is 15.5. The molecule has 4 nitrogen and oxygen atoms in total. The highest BCUT2D eigenvalue weighted by atomic mass is 32.1. The molecular weight excluding hydrogens is 430 g/mol. The lowest BCUT2D eigenvalue weighted by atomic mass is 10.0. The molecule has 0 fully saturated rings. The van der Waals surface area contributed by atoms with Crippen molar-refractivity contribution >= 4 is 17.2 Å². The van der Waals surface area contributed by atoms with E-state index in [0.717, 1.165) is 30.4 Å². The molecule has 0 aliphatic carbocycles. The summed E-state index contributed by atoms with van der Waals surface area (Å²) in [6.45, 7) is 6.77. The third-order valence-corrected chi connectivity index (χ3v) is 6.69. The molecular formula is C28H35NO3S. The summed E-state index contributed by atoms with van der Waals surface area (Å²) < 4.78 is 6.01. The third-order valence-electron chi connectivity index (χ3n) is 6.00. The zero-order valence-electron chi connectivity index (χ0n) is 19.9. The normalized spacial score (nSPS) is 12.8. The predicted octanol–water partition coefficient (Wildman–Crippen LogP) is 7.31. The van der Waals surface area contributed by atoms with Crippen LogP contribution in [-0.4, -0.2) is 28.6 Å².